The second-order valence-electron chi connectivity index (χ2n) is 10.5. The topological polar surface area (TPSA) is 98.1 Å². The van der Waals surface area contributed by atoms with E-state index in [1.54, 1.807) is 31.2 Å². The number of carbonyl (C=O) groups excluding carboxylic acids is 3. The first-order valence-electron chi connectivity index (χ1n) is 14.0. The molecule has 0 bridgehead atoms. The smallest absolute Gasteiger partial charge is 0.291 e. The molecule has 2 fully saturated rings. The summed E-state index contributed by atoms with van der Waals surface area (Å²) in [5, 5.41) is 5.95. The highest BCUT2D eigenvalue weighted by molar-refractivity contribution is 6.05. The van der Waals surface area contributed by atoms with Gasteiger partial charge in [-0.2, -0.15) is 0 Å². The first-order valence-corrected chi connectivity index (χ1v) is 14.0. The standard InChI is InChI=1S/C31H37N5O4/c1-22-11-14-28(40-22)31(39)33-25-20-24(30(38)32-15-7-17-35-16-6-10-29(35)37)12-13-26(25)36-19-18-34(2)27(21-36)23-8-4-3-5-9-23/h3-5,8-9,11-14,20,27H,6-7,10,15-19,21H2,1-2H3,(H,32,38)(H,33,39). The van der Waals surface area contributed by atoms with E-state index in [0.29, 0.717) is 42.9 Å². The molecular formula is C31H37N5O4. The average molecular weight is 544 g/mol. The fraction of sp³-hybridized carbons (Fsp3) is 0.387. The molecule has 210 valence electrons. The molecule has 1 unspecified atom stereocenters. The Kier molecular flexibility index (Phi) is 8.50. The molecule has 1 aromatic heterocycles. The summed E-state index contributed by atoms with van der Waals surface area (Å²) in [4.78, 5) is 44.4. The first-order chi connectivity index (χ1) is 19.4. The van der Waals surface area contributed by atoms with Crippen molar-refractivity contribution in [3.8, 4) is 0 Å². The average Bonchev–Trinajstić information content (AvgIpc) is 3.59. The Morgan fingerprint density at radius 1 is 1.00 bits per heavy atom. The lowest BCUT2D eigenvalue weighted by molar-refractivity contribution is -0.127. The van der Waals surface area contributed by atoms with E-state index in [-0.39, 0.29) is 29.5 Å². The number of hydrogen-bond acceptors (Lipinski definition) is 6. The second kappa shape index (κ2) is 12.4. The van der Waals surface area contributed by atoms with Crippen molar-refractivity contribution in [2.45, 2.75) is 32.2 Å². The van der Waals surface area contributed by atoms with Crippen molar-refractivity contribution >= 4 is 29.1 Å². The van der Waals surface area contributed by atoms with Crippen LogP contribution in [0.1, 0.15) is 57.5 Å². The molecular weight excluding hydrogens is 506 g/mol. The van der Waals surface area contributed by atoms with Crippen LogP contribution in [-0.4, -0.2) is 73.8 Å². The number of aryl methyl sites for hydroxylation is 1. The van der Waals surface area contributed by atoms with Crippen molar-refractivity contribution < 1.29 is 18.8 Å². The van der Waals surface area contributed by atoms with Gasteiger partial charge in [0.1, 0.15) is 5.76 Å². The molecule has 3 amide bonds. The normalized spacial score (nSPS) is 17.8. The van der Waals surface area contributed by atoms with E-state index in [1.165, 1.54) is 5.56 Å². The van der Waals surface area contributed by atoms with Crippen molar-refractivity contribution in [2.75, 3.05) is 56.5 Å². The largest absolute Gasteiger partial charge is 0.456 e. The van der Waals surface area contributed by atoms with Gasteiger partial charge >= 0.3 is 0 Å². The molecule has 2 N–H and O–H groups in total. The first kappa shape index (κ1) is 27.5. The van der Waals surface area contributed by atoms with E-state index < -0.39 is 0 Å². The summed E-state index contributed by atoms with van der Waals surface area (Å²) in [7, 11) is 2.13. The number of rotatable bonds is 9. The quantitative estimate of drug-likeness (QED) is 0.395. The van der Waals surface area contributed by atoms with Crippen LogP contribution in [0.3, 0.4) is 0 Å². The number of benzene rings is 2. The van der Waals surface area contributed by atoms with Crippen LogP contribution < -0.4 is 15.5 Å². The minimum atomic E-state index is -0.365. The molecule has 3 heterocycles. The fourth-order valence-corrected chi connectivity index (χ4v) is 5.44. The molecule has 2 aliphatic rings. The fourth-order valence-electron chi connectivity index (χ4n) is 5.44. The molecule has 9 heteroatoms. The number of amides is 3. The molecule has 3 aromatic rings. The highest BCUT2D eigenvalue weighted by Gasteiger charge is 2.28. The van der Waals surface area contributed by atoms with Crippen LogP contribution >= 0.6 is 0 Å². The predicted molar refractivity (Wildman–Crippen MR) is 155 cm³/mol. The van der Waals surface area contributed by atoms with Crippen LogP contribution in [0.5, 0.6) is 0 Å². The maximum absolute atomic E-state index is 13.1. The summed E-state index contributed by atoms with van der Waals surface area (Å²) >= 11 is 0. The summed E-state index contributed by atoms with van der Waals surface area (Å²) in [6.45, 7) is 6.08. The third kappa shape index (κ3) is 6.37. The Morgan fingerprint density at radius 3 is 2.55 bits per heavy atom. The summed E-state index contributed by atoms with van der Waals surface area (Å²) in [5.41, 5.74) is 3.11. The zero-order valence-corrected chi connectivity index (χ0v) is 23.2. The number of nitrogens with zero attached hydrogens (tertiary/aromatic N) is 3. The summed E-state index contributed by atoms with van der Waals surface area (Å²) < 4.78 is 5.55. The Balaban J connectivity index is 1.33. The zero-order chi connectivity index (χ0) is 28.1. The van der Waals surface area contributed by atoms with Gasteiger partial charge in [0.15, 0.2) is 5.76 Å². The maximum Gasteiger partial charge on any atom is 0.291 e. The van der Waals surface area contributed by atoms with Crippen molar-refractivity contribution in [1.82, 2.24) is 15.1 Å². The van der Waals surface area contributed by atoms with Crippen LogP contribution in [-0.2, 0) is 4.79 Å². The van der Waals surface area contributed by atoms with Gasteiger partial charge in [-0.25, -0.2) is 0 Å². The SMILES string of the molecule is Cc1ccc(C(=O)Nc2cc(C(=O)NCCCN3CCCC3=O)ccc2N2CCN(C)C(c3ccccc3)C2)o1. The summed E-state index contributed by atoms with van der Waals surface area (Å²) in [5.74, 6) is 0.474. The van der Waals surface area contributed by atoms with E-state index in [0.717, 1.165) is 38.3 Å². The van der Waals surface area contributed by atoms with Crippen molar-refractivity contribution in [2.24, 2.45) is 0 Å². The highest BCUT2D eigenvalue weighted by Crippen LogP contribution is 2.33. The Bertz CT molecular complexity index is 1350. The zero-order valence-electron chi connectivity index (χ0n) is 23.2. The monoisotopic (exact) mass is 543 g/mol. The van der Waals surface area contributed by atoms with Crippen LogP contribution in [0.4, 0.5) is 11.4 Å². The second-order valence-corrected chi connectivity index (χ2v) is 10.5. The summed E-state index contributed by atoms with van der Waals surface area (Å²) in [6, 6.07) is 19.4. The number of piperazine rings is 1. The molecule has 9 nitrogen and oxygen atoms in total. The molecule has 2 aromatic carbocycles. The molecule has 2 aliphatic heterocycles. The number of hydrogen-bond donors (Lipinski definition) is 2. The van der Waals surface area contributed by atoms with E-state index in [4.69, 9.17) is 4.42 Å². The van der Waals surface area contributed by atoms with Gasteiger partial charge in [-0.3, -0.25) is 19.3 Å². The number of likely N-dealkylation sites (N-methyl/N-ethyl adjacent to an activating group) is 1. The van der Waals surface area contributed by atoms with Crippen LogP contribution in [0.2, 0.25) is 0 Å². The number of furan rings is 1. The van der Waals surface area contributed by atoms with Gasteiger partial charge in [0.25, 0.3) is 11.8 Å². The Hall–Kier alpha value is -4.11. The van der Waals surface area contributed by atoms with Gasteiger partial charge in [-0.1, -0.05) is 30.3 Å². The maximum atomic E-state index is 13.1. The molecule has 2 saturated heterocycles. The van der Waals surface area contributed by atoms with Crippen LogP contribution in [0, 0.1) is 6.92 Å². The number of likely N-dealkylation sites (tertiary alicyclic amines) is 1. The van der Waals surface area contributed by atoms with Gasteiger partial charge in [0.2, 0.25) is 5.91 Å². The van der Waals surface area contributed by atoms with Crippen molar-refractivity contribution in [3.63, 3.8) is 0 Å². The minimum absolute atomic E-state index is 0.187. The van der Waals surface area contributed by atoms with Crippen LogP contribution in [0.25, 0.3) is 0 Å². The van der Waals surface area contributed by atoms with E-state index >= 15 is 0 Å². The molecule has 0 saturated carbocycles. The van der Waals surface area contributed by atoms with Crippen LogP contribution in [0.15, 0.2) is 65.1 Å². The number of nitrogens with one attached hydrogen (secondary N) is 2. The summed E-state index contributed by atoms with van der Waals surface area (Å²) in [6.07, 6.45) is 2.21. The predicted octanol–water partition coefficient (Wildman–Crippen LogP) is 4.08. The van der Waals surface area contributed by atoms with E-state index in [1.807, 2.05) is 17.0 Å². The third-order valence-electron chi connectivity index (χ3n) is 7.71. The molecule has 0 aliphatic carbocycles. The minimum Gasteiger partial charge on any atom is -0.456 e. The molecule has 40 heavy (non-hydrogen) atoms. The van der Waals surface area contributed by atoms with Crippen molar-refractivity contribution in [1.29, 1.82) is 0 Å². The van der Waals surface area contributed by atoms with Crippen molar-refractivity contribution in [3.05, 3.63) is 83.3 Å². The molecule has 1 atom stereocenters. The molecule has 0 radical (unpaired) electrons. The number of carbonyl (C=O) groups is 3. The Labute approximate surface area is 235 Å². The van der Waals surface area contributed by atoms with Gasteiger partial charge in [-0.15, -0.1) is 0 Å². The Morgan fingerprint density at radius 2 is 1.82 bits per heavy atom. The molecule has 5 rings (SSSR count). The molecule has 0 spiro atoms. The lowest BCUT2D eigenvalue weighted by atomic mass is 10.0. The van der Waals surface area contributed by atoms with Gasteiger partial charge in [-0.05, 0) is 62.7 Å². The van der Waals surface area contributed by atoms with E-state index in [2.05, 4.69) is 51.7 Å². The lowest BCUT2D eigenvalue weighted by Gasteiger charge is -2.41. The third-order valence-corrected chi connectivity index (χ3v) is 7.71. The van der Waals surface area contributed by atoms with Gasteiger partial charge < -0.3 is 24.9 Å². The van der Waals surface area contributed by atoms with Gasteiger partial charge in [0, 0.05) is 51.3 Å². The van der Waals surface area contributed by atoms with Gasteiger partial charge in [0.05, 0.1) is 17.4 Å². The highest BCUT2D eigenvalue weighted by atomic mass is 16.3. The number of anilines is 2. The lowest BCUT2D eigenvalue weighted by Crippen LogP contribution is -2.47. The van der Waals surface area contributed by atoms with E-state index in [9.17, 15) is 14.4 Å².